The summed E-state index contributed by atoms with van der Waals surface area (Å²) < 4.78 is 0. The Kier molecular flexibility index (Phi) is 2.64. The lowest BCUT2D eigenvalue weighted by Gasteiger charge is -2.22. The van der Waals surface area contributed by atoms with E-state index in [2.05, 4.69) is 15.3 Å². The van der Waals surface area contributed by atoms with Crippen LogP contribution in [-0.4, -0.2) is 22.6 Å². The number of hydrogen-bond acceptors (Lipinski definition) is 2. The molecule has 1 aromatic heterocycles. The third-order valence-electron chi connectivity index (χ3n) is 2.61. The molecule has 13 heavy (non-hydrogen) atoms. The standard InChI is InChI=1S/C10H17N3/c1-8-7-12-10(13-8)6-9-4-2-3-5-11-9/h7,9,11H,2-6H2,1H3,(H,12,13). The van der Waals surface area contributed by atoms with E-state index in [0.29, 0.717) is 6.04 Å². The quantitative estimate of drug-likeness (QED) is 0.720. The number of hydrogen-bond donors (Lipinski definition) is 2. The van der Waals surface area contributed by atoms with E-state index in [9.17, 15) is 0 Å². The largest absolute Gasteiger partial charge is 0.346 e. The van der Waals surface area contributed by atoms with E-state index in [1.54, 1.807) is 0 Å². The van der Waals surface area contributed by atoms with Gasteiger partial charge in [-0.2, -0.15) is 0 Å². The monoisotopic (exact) mass is 179 g/mol. The molecule has 1 aliphatic heterocycles. The Morgan fingerprint density at radius 3 is 3.08 bits per heavy atom. The van der Waals surface area contributed by atoms with Gasteiger partial charge in [0.1, 0.15) is 5.82 Å². The molecular formula is C10H17N3. The van der Waals surface area contributed by atoms with Gasteiger partial charge in [-0.25, -0.2) is 4.98 Å². The van der Waals surface area contributed by atoms with Crippen molar-refractivity contribution in [3.8, 4) is 0 Å². The minimum Gasteiger partial charge on any atom is -0.346 e. The van der Waals surface area contributed by atoms with E-state index in [1.165, 1.54) is 25.8 Å². The molecule has 1 saturated heterocycles. The summed E-state index contributed by atoms with van der Waals surface area (Å²) in [5.74, 6) is 1.12. The molecule has 0 radical (unpaired) electrons. The van der Waals surface area contributed by atoms with Crippen molar-refractivity contribution in [1.82, 2.24) is 15.3 Å². The van der Waals surface area contributed by atoms with Crippen LogP contribution in [0.25, 0.3) is 0 Å². The number of nitrogens with zero attached hydrogens (tertiary/aromatic N) is 1. The fraction of sp³-hybridized carbons (Fsp3) is 0.700. The van der Waals surface area contributed by atoms with E-state index in [0.717, 1.165) is 17.9 Å². The molecular weight excluding hydrogens is 162 g/mol. The van der Waals surface area contributed by atoms with Gasteiger partial charge in [0.25, 0.3) is 0 Å². The van der Waals surface area contributed by atoms with Crippen LogP contribution in [0.2, 0.25) is 0 Å². The van der Waals surface area contributed by atoms with Gasteiger partial charge in [0.15, 0.2) is 0 Å². The average Bonchev–Trinajstić information content (AvgIpc) is 2.53. The number of nitrogens with one attached hydrogen (secondary N) is 2. The van der Waals surface area contributed by atoms with Gasteiger partial charge in [0.2, 0.25) is 0 Å². The number of H-pyrrole nitrogens is 1. The Bertz CT molecular complexity index is 261. The SMILES string of the molecule is Cc1cnc(CC2CCCCN2)[nH]1. The first kappa shape index (κ1) is 8.75. The molecule has 0 aliphatic carbocycles. The molecule has 1 atom stereocenters. The van der Waals surface area contributed by atoms with Crippen LogP contribution >= 0.6 is 0 Å². The van der Waals surface area contributed by atoms with Crippen molar-refractivity contribution in [2.24, 2.45) is 0 Å². The maximum atomic E-state index is 4.31. The minimum absolute atomic E-state index is 0.638. The van der Waals surface area contributed by atoms with Gasteiger partial charge in [-0.15, -0.1) is 0 Å². The molecule has 3 nitrogen and oxygen atoms in total. The lowest BCUT2D eigenvalue weighted by Crippen LogP contribution is -2.35. The molecule has 0 spiro atoms. The fourth-order valence-electron chi connectivity index (χ4n) is 1.90. The fourth-order valence-corrected chi connectivity index (χ4v) is 1.90. The highest BCUT2D eigenvalue weighted by molar-refractivity contribution is 5.00. The lowest BCUT2D eigenvalue weighted by atomic mass is 10.0. The average molecular weight is 179 g/mol. The van der Waals surface area contributed by atoms with Crippen LogP contribution in [0.15, 0.2) is 6.20 Å². The first-order chi connectivity index (χ1) is 6.34. The molecule has 72 valence electrons. The number of imidazole rings is 1. The van der Waals surface area contributed by atoms with Gasteiger partial charge >= 0.3 is 0 Å². The van der Waals surface area contributed by atoms with Crippen molar-refractivity contribution in [2.75, 3.05) is 6.54 Å². The highest BCUT2D eigenvalue weighted by atomic mass is 15.0. The Morgan fingerprint density at radius 1 is 1.54 bits per heavy atom. The van der Waals surface area contributed by atoms with E-state index < -0.39 is 0 Å². The zero-order chi connectivity index (χ0) is 9.10. The van der Waals surface area contributed by atoms with Crippen LogP contribution in [0.1, 0.15) is 30.8 Å². The number of rotatable bonds is 2. The molecule has 0 aromatic carbocycles. The van der Waals surface area contributed by atoms with Crippen molar-refractivity contribution in [3.05, 3.63) is 17.7 Å². The summed E-state index contributed by atoms with van der Waals surface area (Å²) >= 11 is 0. The van der Waals surface area contributed by atoms with Crippen LogP contribution < -0.4 is 5.32 Å². The maximum absolute atomic E-state index is 4.31. The van der Waals surface area contributed by atoms with Crippen molar-refractivity contribution < 1.29 is 0 Å². The van der Waals surface area contributed by atoms with Crippen molar-refractivity contribution in [2.45, 2.75) is 38.6 Å². The molecule has 1 aliphatic rings. The Hall–Kier alpha value is -0.830. The van der Waals surface area contributed by atoms with Crippen molar-refractivity contribution in [1.29, 1.82) is 0 Å². The maximum Gasteiger partial charge on any atom is 0.107 e. The number of aromatic amines is 1. The predicted molar refractivity (Wildman–Crippen MR) is 52.7 cm³/mol. The van der Waals surface area contributed by atoms with E-state index in [1.807, 2.05) is 13.1 Å². The molecule has 2 heterocycles. The van der Waals surface area contributed by atoms with Gasteiger partial charge in [-0.05, 0) is 26.3 Å². The second kappa shape index (κ2) is 3.92. The summed E-state index contributed by atoms with van der Waals surface area (Å²) in [5.41, 5.74) is 1.16. The van der Waals surface area contributed by atoms with Gasteiger partial charge in [-0.1, -0.05) is 6.42 Å². The molecule has 2 rings (SSSR count). The topological polar surface area (TPSA) is 40.7 Å². The zero-order valence-corrected chi connectivity index (χ0v) is 8.14. The summed E-state index contributed by atoms with van der Waals surface area (Å²) in [5, 5.41) is 3.52. The van der Waals surface area contributed by atoms with Crippen LogP contribution in [0.3, 0.4) is 0 Å². The number of piperidine rings is 1. The van der Waals surface area contributed by atoms with Gasteiger partial charge in [0, 0.05) is 24.4 Å². The minimum atomic E-state index is 0.638. The van der Waals surface area contributed by atoms with E-state index in [-0.39, 0.29) is 0 Å². The number of aryl methyl sites for hydroxylation is 1. The van der Waals surface area contributed by atoms with Gasteiger partial charge in [-0.3, -0.25) is 0 Å². The Labute approximate surface area is 79.0 Å². The predicted octanol–water partition coefficient (Wildman–Crippen LogP) is 1.40. The molecule has 0 saturated carbocycles. The Balaban J connectivity index is 1.89. The molecule has 2 N–H and O–H groups in total. The Morgan fingerprint density at radius 2 is 2.46 bits per heavy atom. The molecule has 1 fully saturated rings. The normalized spacial score (nSPS) is 23.3. The van der Waals surface area contributed by atoms with Crippen LogP contribution in [0.5, 0.6) is 0 Å². The third-order valence-corrected chi connectivity index (χ3v) is 2.61. The summed E-state index contributed by atoms with van der Waals surface area (Å²) in [6.07, 6.45) is 6.93. The highest BCUT2D eigenvalue weighted by Crippen LogP contribution is 2.10. The van der Waals surface area contributed by atoms with E-state index >= 15 is 0 Å². The third kappa shape index (κ3) is 2.31. The summed E-state index contributed by atoms with van der Waals surface area (Å²) in [7, 11) is 0. The highest BCUT2D eigenvalue weighted by Gasteiger charge is 2.13. The summed E-state index contributed by atoms with van der Waals surface area (Å²) in [6.45, 7) is 3.22. The van der Waals surface area contributed by atoms with Crippen molar-refractivity contribution in [3.63, 3.8) is 0 Å². The lowest BCUT2D eigenvalue weighted by molar-refractivity contribution is 0.395. The zero-order valence-electron chi connectivity index (χ0n) is 8.14. The molecule has 0 bridgehead atoms. The second-order valence-corrected chi connectivity index (χ2v) is 3.86. The molecule has 1 unspecified atom stereocenters. The first-order valence-corrected chi connectivity index (χ1v) is 5.08. The summed E-state index contributed by atoms with van der Waals surface area (Å²) in [4.78, 5) is 7.59. The molecule has 0 amide bonds. The first-order valence-electron chi connectivity index (χ1n) is 5.08. The molecule has 1 aromatic rings. The van der Waals surface area contributed by atoms with Gasteiger partial charge in [0.05, 0.1) is 0 Å². The van der Waals surface area contributed by atoms with E-state index in [4.69, 9.17) is 0 Å². The molecule has 3 heteroatoms. The number of aromatic nitrogens is 2. The van der Waals surface area contributed by atoms with Gasteiger partial charge < -0.3 is 10.3 Å². The van der Waals surface area contributed by atoms with Crippen LogP contribution in [0, 0.1) is 6.92 Å². The van der Waals surface area contributed by atoms with Crippen LogP contribution in [0.4, 0.5) is 0 Å². The van der Waals surface area contributed by atoms with Crippen LogP contribution in [-0.2, 0) is 6.42 Å². The second-order valence-electron chi connectivity index (χ2n) is 3.86. The summed E-state index contributed by atoms with van der Waals surface area (Å²) in [6, 6.07) is 0.638. The van der Waals surface area contributed by atoms with Crippen molar-refractivity contribution >= 4 is 0 Å². The smallest absolute Gasteiger partial charge is 0.107 e.